The summed E-state index contributed by atoms with van der Waals surface area (Å²) in [6, 6.07) is 4.88. The SMILES string of the molecule is COc1ccc(C=C(CCl)C(C)C)cc1OC(F)F. The molecule has 1 aromatic carbocycles. The zero-order valence-corrected chi connectivity index (χ0v) is 11.9. The van der Waals surface area contributed by atoms with Crippen molar-refractivity contribution in [2.24, 2.45) is 5.92 Å². The Kier molecular flexibility index (Phi) is 6.09. The average Bonchev–Trinajstić information content (AvgIpc) is 2.35. The van der Waals surface area contributed by atoms with Crippen molar-refractivity contribution in [1.29, 1.82) is 0 Å². The maximum absolute atomic E-state index is 12.3. The van der Waals surface area contributed by atoms with E-state index in [0.717, 1.165) is 11.1 Å². The van der Waals surface area contributed by atoms with E-state index < -0.39 is 6.61 Å². The van der Waals surface area contributed by atoms with E-state index >= 15 is 0 Å². The molecule has 0 aliphatic heterocycles. The predicted octanol–water partition coefficient (Wildman–Crippen LogP) is 4.57. The fraction of sp³-hybridized carbons (Fsp3) is 0.429. The van der Waals surface area contributed by atoms with Gasteiger partial charge in [0.2, 0.25) is 0 Å². The number of alkyl halides is 3. The third kappa shape index (κ3) is 4.71. The van der Waals surface area contributed by atoms with Crippen LogP contribution in [-0.2, 0) is 0 Å². The minimum absolute atomic E-state index is 0.0175. The van der Waals surface area contributed by atoms with E-state index in [-0.39, 0.29) is 11.5 Å². The highest BCUT2D eigenvalue weighted by Gasteiger charge is 2.11. The van der Waals surface area contributed by atoms with Crippen LogP contribution in [-0.4, -0.2) is 19.6 Å². The number of methoxy groups -OCH3 is 1. The molecule has 0 fully saturated rings. The van der Waals surface area contributed by atoms with Crippen molar-refractivity contribution in [2.45, 2.75) is 20.5 Å². The third-order valence-electron chi connectivity index (χ3n) is 2.65. The molecule has 1 aromatic rings. The molecule has 0 unspecified atom stereocenters. The molecular weight excluding hydrogens is 274 g/mol. The lowest BCUT2D eigenvalue weighted by Crippen LogP contribution is -2.03. The van der Waals surface area contributed by atoms with Gasteiger partial charge in [-0.05, 0) is 23.6 Å². The standard InChI is InChI=1S/C14H17ClF2O2/c1-9(2)11(8-15)6-10-4-5-12(18-3)13(7-10)19-14(16)17/h4-7,9,14H,8H2,1-3H3. The van der Waals surface area contributed by atoms with Crippen molar-refractivity contribution in [3.05, 3.63) is 29.3 Å². The fourth-order valence-electron chi connectivity index (χ4n) is 1.54. The second-order valence-electron chi connectivity index (χ2n) is 4.30. The zero-order valence-electron chi connectivity index (χ0n) is 11.1. The van der Waals surface area contributed by atoms with Crippen molar-refractivity contribution >= 4 is 17.7 Å². The minimum atomic E-state index is -2.88. The Balaban J connectivity index is 3.10. The van der Waals surface area contributed by atoms with Gasteiger partial charge in [-0.25, -0.2) is 0 Å². The fourth-order valence-corrected chi connectivity index (χ4v) is 1.93. The molecular formula is C14H17ClF2O2. The Morgan fingerprint density at radius 2 is 2.00 bits per heavy atom. The van der Waals surface area contributed by atoms with Crippen LogP contribution in [0.4, 0.5) is 8.78 Å². The highest BCUT2D eigenvalue weighted by Crippen LogP contribution is 2.30. The number of benzene rings is 1. The van der Waals surface area contributed by atoms with E-state index in [0.29, 0.717) is 11.8 Å². The second-order valence-corrected chi connectivity index (χ2v) is 4.56. The van der Waals surface area contributed by atoms with Crippen molar-refractivity contribution in [1.82, 2.24) is 0 Å². The maximum atomic E-state index is 12.3. The topological polar surface area (TPSA) is 18.5 Å². The first-order valence-corrected chi connectivity index (χ1v) is 6.40. The highest BCUT2D eigenvalue weighted by molar-refractivity contribution is 6.19. The summed E-state index contributed by atoms with van der Waals surface area (Å²) in [5.74, 6) is 0.978. The Morgan fingerprint density at radius 3 is 2.47 bits per heavy atom. The van der Waals surface area contributed by atoms with Crippen molar-refractivity contribution < 1.29 is 18.3 Å². The molecule has 0 saturated carbocycles. The van der Waals surface area contributed by atoms with Crippen molar-refractivity contribution in [3.8, 4) is 11.5 Å². The van der Waals surface area contributed by atoms with Crippen LogP contribution >= 0.6 is 11.6 Å². The molecule has 0 aromatic heterocycles. The number of hydrogen-bond donors (Lipinski definition) is 0. The largest absolute Gasteiger partial charge is 0.493 e. The normalized spacial score (nSPS) is 12.1. The number of halogens is 3. The van der Waals surface area contributed by atoms with E-state index in [2.05, 4.69) is 4.74 Å². The molecule has 0 radical (unpaired) electrons. The molecule has 0 saturated heterocycles. The Hall–Kier alpha value is -1.29. The van der Waals surface area contributed by atoms with Gasteiger partial charge in [-0.3, -0.25) is 0 Å². The first kappa shape index (κ1) is 15.8. The Morgan fingerprint density at radius 1 is 1.32 bits per heavy atom. The average molecular weight is 291 g/mol. The van der Waals surface area contributed by atoms with Gasteiger partial charge >= 0.3 is 6.61 Å². The van der Waals surface area contributed by atoms with E-state index in [1.807, 2.05) is 19.9 Å². The summed E-state index contributed by atoms with van der Waals surface area (Å²) in [6.07, 6.45) is 1.87. The lowest BCUT2D eigenvalue weighted by atomic mass is 10.0. The van der Waals surface area contributed by atoms with Gasteiger partial charge in [-0.1, -0.05) is 31.6 Å². The van der Waals surface area contributed by atoms with E-state index in [1.165, 1.54) is 13.2 Å². The summed E-state index contributed by atoms with van der Waals surface area (Å²) >= 11 is 5.85. The van der Waals surface area contributed by atoms with Crippen molar-refractivity contribution in [3.63, 3.8) is 0 Å². The number of allylic oxidation sites excluding steroid dienone is 1. The zero-order chi connectivity index (χ0) is 14.4. The molecule has 0 spiro atoms. The number of ether oxygens (including phenoxy) is 2. The molecule has 0 bridgehead atoms. The van der Waals surface area contributed by atoms with Crippen LogP contribution in [0.25, 0.3) is 6.08 Å². The molecule has 2 nitrogen and oxygen atoms in total. The maximum Gasteiger partial charge on any atom is 0.387 e. The number of hydrogen-bond acceptors (Lipinski definition) is 2. The molecule has 0 aliphatic rings. The first-order chi connectivity index (χ1) is 8.97. The molecule has 5 heteroatoms. The van der Waals surface area contributed by atoms with Gasteiger partial charge in [-0.2, -0.15) is 8.78 Å². The van der Waals surface area contributed by atoms with Crippen LogP contribution in [0.2, 0.25) is 0 Å². The molecule has 19 heavy (non-hydrogen) atoms. The third-order valence-corrected chi connectivity index (χ3v) is 2.96. The summed E-state index contributed by atoms with van der Waals surface area (Å²) in [6.45, 7) is 1.16. The van der Waals surface area contributed by atoms with Crippen LogP contribution in [0.15, 0.2) is 23.8 Å². The molecule has 0 atom stereocenters. The molecule has 0 N–H and O–H groups in total. The van der Waals surface area contributed by atoms with Gasteiger partial charge in [-0.15, -0.1) is 11.6 Å². The van der Waals surface area contributed by atoms with E-state index in [9.17, 15) is 8.78 Å². The smallest absolute Gasteiger partial charge is 0.387 e. The Bertz CT molecular complexity index is 445. The monoisotopic (exact) mass is 290 g/mol. The summed E-state index contributed by atoms with van der Waals surface area (Å²) in [4.78, 5) is 0. The molecule has 0 heterocycles. The van der Waals surface area contributed by atoms with Gasteiger partial charge in [0.1, 0.15) is 0 Å². The summed E-state index contributed by atoms with van der Waals surface area (Å²) in [5, 5.41) is 0. The van der Waals surface area contributed by atoms with E-state index in [4.69, 9.17) is 16.3 Å². The molecule has 1 rings (SSSR count). The van der Waals surface area contributed by atoms with Crippen LogP contribution in [0, 0.1) is 5.92 Å². The molecule has 106 valence electrons. The van der Waals surface area contributed by atoms with Crippen LogP contribution in [0.1, 0.15) is 19.4 Å². The lowest BCUT2D eigenvalue weighted by molar-refractivity contribution is -0.0512. The molecule has 0 aliphatic carbocycles. The molecule has 0 amide bonds. The van der Waals surface area contributed by atoms with Gasteiger partial charge in [0.05, 0.1) is 7.11 Å². The van der Waals surface area contributed by atoms with Crippen LogP contribution < -0.4 is 9.47 Å². The lowest BCUT2D eigenvalue weighted by Gasteiger charge is -2.12. The second kappa shape index (κ2) is 7.34. The summed E-state index contributed by atoms with van der Waals surface area (Å²) in [5.41, 5.74) is 1.77. The first-order valence-electron chi connectivity index (χ1n) is 5.87. The van der Waals surface area contributed by atoms with Gasteiger partial charge < -0.3 is 9.47 Å². The Labute approximate surface area is 117 Å². The van der Waals surface area contributed by atoms with Gasteiger partial charge in [0, 0.05) is 5.88 Å². The summed E-state index contributed by atoms with van der Waals surface area (Å²) in [7, 11) is 1.40. The van der Waals surface area contributed by atoms with Crippen LogP contribution in [0.5, 0.6) is 11.5 Å². The minimum Gasteiger partial charge on any atom is -0.493 e. The van der Waals surface area contributed by atoms with E-state index in [1.54, 1.807) is 12.1 Å². The van der Waals surface area contributed by atoms with Crippen LogP contribution in [0.3, 0.4) is 0 Å². The predicted molar refractivity (Wildman–Crippen MR) is 73.2 cm³/mol. The summed E-state index contributed by atoms with van der Waals surface area (Å²) < 4.78 is 34.0. The van der Waals surface area contributed by atoms with Crippen molar-refractivity contribution in [2.75, 3.05) is 13.0 Å². The quantitative estimate of drug-likeness (QED) is 0.714. The highest BCUT2D eigenvalue weighted by atomic mass is 35.5. The number of rotatable bonds is 6. The van der Waals surface area contributed by atoms with Gasteiger partial charge in [0.15, 0.2) is 11.5 Å². The van der Waals surface area contributed by atoms with Gasteiger partial charge in [0.25, 0.3) is 0 Å².